The summed E-state index contributed by atoms with van der Waals surface area (Å²) in [6, 6.07) is 22.6. The summed E-state index contributed by atoms with van der Waals surface area (Å²) in [6.45, 7) is 0. The molecule has 0 aliphatic heterocycles. The number of rotatable bonds is 4. The molecule has 4 heterocycles. The summed E-state index contributed by atoms with van der Waals surface area (Å²) in [7, 11) is 0. The van der Waals surface area contributed by atoms with Gasteiger partial charge in [0.1, 0.15) is 0 Å². The first-order valence-corrected chi connectivity index (χ1v) is 14.9. The lowest BCUT2D eigenvalue weighted by atomic mass is 9.70. The third kappa shape index (κ3) is 4.16. The maximum Gasteiger partial charge on any atom is 0.411 e. The summed E-state index contributed by atoms with van der Waals surface area (Å²) >= 11 is 0. The van der Waals surface area contributed by atoms with E-state index in [2.05, 4.69) is 9.97 Å². The summed E-state index contributed by atoms with van der Waals surface area (Å²) in [5.41, 5.74) is -2.60. The van der Waals surface area contributed by atoms with Gasteiger partial charge in [-0.3, -0.25) is 9.97 Å². The van der Waals surface area contributed by atoms with Crippen LogP contribution in [0.4, 0.5) is 26.3 Å². The number of fused-ring (bicyclic) bond motifs is 6. The van der Waals surface area contributed by atoms with Crippen molar-refractivity contribution in [2.24, 2.45) is 0 Å². The molecule has 0 amide bonds. The van der Waals surface area contributed by atoms with E-state index < -0.39 is 34.9 Å². The summed E-state index contributed by atoms with van der Waals surface area (Å²) in [5.74, 6) is 0. The molecule has 0 saturated heterocycles. The largest absolute Gasteiger partial charge is 0.411 e. The topological polar surface area (TPSA) is 35.6 Å². The van der Waals surface area contributed by atoms with Gasteiger partial charge in [-0.1, -0.05) is 66.8 Å². The molecule has 1 unspecified atom stereocenters. The highest BCUT2D eigenvalue weighted by molar-refractivity contribution is 6.09. The monoisotopic (exact) mass is 638 g/mol. The van der Waals surface area contributed by atoms with Gasteiger partial charge in [-0.2, -0.15) is 26.3 Å². The molecule has 0 spiro atoms. The molecule has 0 bridgehead atoms. The number of halogens is 6. The highest BCUT2D eigenvalue weighted by Gasteiger charge is 2.73. The van der Waals surface area contributed by atoms with Gasteiger partial charge in [0.15, 0.2) is 0 Å². The van der Waals surface area contributed by atoms with Crippen molar-refractivity contribution in [3.8, 4) is 5.69 Å². The second kappa shape index (κ2) is 10.3. The fourth-order valence-corrected chi connectivity index (χ4v) is 7.22. The Balaban J connectivity index is 1.24. The predicted octanol–water partition coefficient (Wildman–Crippen LogP) is 10.2. The number of para-hydroxylation sites is 2. The fourth-order valence-electron chi connectivity index (χ4n) is 7.22. The lowest BCUT2D eigenvalue weighted by Gasteiger charge is -2.40. The van der Waals surface area contributed by atoms with Gasteiger partial charge in [0.2, 0.25) is 5.41 Å². The Labute approximate surface area is 263 Å². The maximum atomic E-state index is 15.1. The first-order valence-electron chi connectivity index (χ1n) is 14.9. The number of benzene rings is 3. The molecule has 8 rings (SSSR count). The van der Waals surface area contributed by atoms with Crippen molar-refractivity contribution in [2.45, 2.75) is 30.2 Å². The van der Waals surface area contributed by atoms with Crippen molar-refractivity contribution in [1.29, 1.82) is 0 Å². The molecule has 0 N–H and O–H groups in total. The normalized spacial score (nSPS) is 16.0. The van der Waals surface area contributed by atoms with Crippen LogP contribution in [0.1, 0.15) is 18.0 Å². The van der Waals surface area contributed by atoms with Crippen molar-refractivity contribution in [1.82, 2.24) is 19.1 Å². The Bertz CT molecular complexity index is 2250. The fraction of sp³-hybridized carbons (Fsp3) is 0.135. The molecule has 1 aliphatic rings. The van der Waals surface area contributed by atoms with E-state index in [0.717, 1.165) is 62.4 Å². The van der Waals surface area contributed by atoms with Crippen molar-refractivity contribution in [3.63, 3.8) is 0 Å². The SMILES string of the molecule is FC(F)(F)C(C1=CCC(n2c3ccccc3c3ccncc32)C=C1)(c1ccc(-n2c3ccccc3c3ccncc32)cc1)C(F)(F)F. The van der Waals surface area contributed by atoms with Gasteiger partial charge in [-0.05, 0) is 54.0 Å². The molecule has 4 nitrogen and oxygen atoms in total. The molecule has 7 aromatic rings. The van der Waals surface area contributed by atoms with Gasteiger partial charge in [0, 0.05) is 45.1 Å². The number of pyridine rings is 2. The Hall–Kier alpha value is -5.38. The van der Waals surface area contributed by atoms with Crippen LogP contribution in [0.25, 0.3) is 49.3 Å². The van der Waals surface area contributed by atoms with Gasteiger partial charge in [0.25, 0.3) is 0 Å². The van der Waals surface area contributed by atoms with E-state index in [9.17, 15) is 0 Å². The van der Waals surface area contributed by atoms with Crippen LogP contribution in [0.3, 0.4) is 0 Å². The molecule has 234 valence electrons. The maximum absolute atomic E-state index is 15.1. The summed E-state index contributed by atoms with van der Waals surface area (Å²) in [5, 5.41) is 3.58. The number of hydrogen-bond donors (Lipinski definition) is 0. The predicted molar refractivity (Wildman–Crippen MR) is 170 cm³/mol. The number of allylic oxidation sites excluding steroid dienone is 4. The van der Waals surface area contributed by atoms with Gasteiger partial charge in [-0.15, -0.1) is 0 Å². The minimum absolute atomic E-state index is 0.0746. The second-order valence-electron chi connectivity index (χ2n) is 11.6. The molecule has 10 heteroatoms. The van der Waals surface area contributed by atoms with Gasteiger partial charge >= 0.3 is 12.4 Å². The highest BCUT2D eigenvalue weighted by Crippen LogP contribution is 2.58. The zero-order chi connectivity index (χ0) is 32.6. The standard InChI is InChI=1S/C37H24F6N4/c38-36(39,40)35(37(41,42)43,23-9-13-25(14-10-23)46-31-7-3-1-5-27(31)29-17-19-44-21-33(29)46)24-11-15-26(16-12-24)47-32-8-4-2-6-28(32)30-18-20-45-22-34(30)47/h1-15,17-22,26H,16H2. The Morgan fingerprint density at radius 1 is 0.596 bits per heavy atom. The number of alkyl halides is 6. The van der Waals surface area contributed by atoms with Crippen LogP contribution in [-0.2, 0) is 5.41 Å². The third-order valence-corrected chi connectivity index (χ3v) is 9.24. The molecule has 0 saturated carbocycles. The van der Waals surface area contributed by atoms with Crippen LogP contribution in [0.15, 0.2) is 134 Å². The first-order chi connectivity index (χ1) is 22.6. The molecular formula is C37H24F6N4. The molecular weight excluding hydrogens is 614 g/mol. The Kier molecular flexibility index (Phi) is 6.38. The van der Waals surface area contributed by atoms with Crippen LogP contribution in [-0.4, -0.2) is 31.5 Å². The summed E-state index contributed by atoms with van der Waals surface area (Å²) < 4.78 is 94.3. The van der Waals surface area contributed by atoms with E-state index >= 15 is 26.3 Å². The average Bonchev–Trinajstić information content (AvgIpc) is 3.58. The smallest absolute Gasteiger partial charge is 0.332 e. The molecule has 4 aromatic heterocycles. The minimum Gasteiger partial charge on any atom is -0.332 e. The number of aromatic nitrogens is 4. The molecule has 47 heavy (non-hydrogen) atoms. The van der Waals surface area contributed by atoms with Crippen LogP contribution in [0.5, 0.6) is 0 Å². The third-order valence-electron chi connectivity index (χ3n) is 9.24. The summed E-state index contributed by atoms with van der Waals surface area (Å²) in [4.78, 5) is 8.41. The van der Waals surface area contributed by atoms with E-state index in [0.29, 0.717) is 11.2 Å². The van der Waals surface area contributed by atoms with E-state index in [-0.39, 0.29) is 6.42 Å². The lowest BCUT2D eigenvalue weighted by molar-refractivity contribution is -0.289. The van der Waals surface area contributed by atoms with Crippen LogP contribution < -0.4 is 0 Å². The van der Waals surface area contributed by atoms with E-state index in [1.54, 1.807) is 29.4 Å². The minimum atomic E-state index is -5.69. The highest BCUT2D eigenvalue weighted by atomic mass is 19.4. The second-order valence-corrected chi connectivity index (χ2v) is 11.6. The quantitative estimate of drug-likeness (QED) is 0.180. The van der Waals surface area contributed by atoms with Crippen molar-refractivity contribution < 1.29 is 26.3 Å². The van der Waals surface area contributed by atoms with E-state index in [4.69, 9.17) is 0 Å². The van der Waals surface area contributed by atoms with E-state index in [1.807, 2.05) is 65.2 Å². The zero-order valence-electron chi connectivity index (χ0n) is 24.5. The molecule has 3 aromatic carbocycles. The average molecular weight is 639 g/mol. The van der Waals surface area contributed by atoms with Crippen LogP contribution in [0.2, 0.25) is 0 Å². The van der Waals surface area contributed by atoms with Crippen LogP contribution in [0, 0.1) is 0 Å². The zero-order valence-corrected chi connectivity index (χ0v) is 24.5. The van der Waals surface area contributed by atoms with Gasteiger partial charge < -0.3 is 9.13 Å². The van der Waals surface area contributed by atoms with Crippen molar-refractivity contribution in [3.05, 3.63) is 139 Å². The molecule has 0 radical (unpaired) electrons. The number of hydrogen-bond acceptors (Lipinski definition) is 2. The molecule has 1 atom stereocenters. The Morgan fingerprint density at radius 2 is 1.15 bits per heavy atom. The molecule has 1 aliphatic carbocycles. The van der Waals surface area contributed by atoms with Crippen molar-refractivity contribution in [2.75, 3.05) is 0 Å². The van der Waals surface area contributed by atoms with Crippen molar-refractivity contribution >= 4 is 43.6 Å². The lowest BCUT2D eigenvalue weighted by Crippen LogP contribution is -2.55. The van der Waals surface area contributed by atoms with Crippen LogP contribution >= 0.6 is 0 Å². The van der Waals surface area contributed by atoms with Gasteiger partial charge in [-0.25, -0.2) is 0 Å². The number of nitrogens with zero attached hydrogens (tertiary/aromatic N) is 4. The van der Waals surface area contributed by atoms with Gasteiger partial charge in [0.05, 0.1) is 35.0 Å². The Morgan fingerprint density at radius 3 is 1.77 bits per heavy atom. The molecule has 0 fully saturated rings. The first kappa shape index (κ1) is 29.1. The van der Waals surface area contributed by atoms with E-state index in [1.165, 1.54) is 18.2 Å². The summed E-state index contributed by atoms with van der Waals surface area (Å²) in [6.07, 6.45) is -1.39.